The van der Waals surface area contributed by atoms with Crippen molar-refractivity contribution in [2.45, 2.75) is 5.79 Å². The molecule has 0 atom stereocenters. The molecule has 1 rings (SSSR count). The summed E-state index contributed by atoms with van der Waals surface area (Å²) in [6.45, 7) is 0. The molecule has 0 aromatic heterocycles. The molecule has 0 bridgehead atoms. The molecule has 0 aromatic rings. The Labute approximate surface area is 48.1 Å². The minimum absolute atomic E-state index is 0.806. The molecule has 4 heteroatoms. The number of hydrazine groups is 1. The molecular weight excluding hydrogens is 104 g/mol. The maximum absolute atomic E-state index is 5.48. The number of nitrogens with two attached hydrogens (primary N) is 2. The predicted molar refractivity (Wildman–Crippen MR) is 31.1 cm³/mol. The van der Waals surface area contributed by atoms with Crippen molar-refractivity contribution in [3.05, 3.63) is 12.3 Å². The smallest absolute Gasteiger partial charge is 0.158 e. The summed E-state index contributed by atoms with van der Waals surface area (Å²) in [5.74, 6) is -0.806. The highest BCUT2D eigenvalue weighted by atomic mass is 15.6. The summed E-state index contributed by atoms with van der Waals surface area (Å²) in [7, 11) is 1.78. The number of hydrogen-bond donors (Lipinski definition) is 3. The summed E-state index contributed by atoms with van der Waals surface area (Å²) >= 11 is 0. The van der Waals surface area contributed by atoms with Crippen LogP contribution in [0.15, 0.2) is 12.3 Å². The van der Waals surface area contributed by atoms with Crippen LogP contribution in [-0.2, 0) is 0 Å². The number of rotatable bonds is 0. The summed E-state index contributed by atoms with van der Waals surface area (Å²) in [4.78, 5) is 0. The van der Waals surface area contributed by atoms with Crippen molar-refractivity contribution in [1.29, 1.82) is 0 Å². The molecule has 0 spiro atoms. The summed E-state index contributed by atoms with van der Waals surface area (Å²) in [5.41, 5.74) is 13.8. The van der Waals surface area contributed by atoms with E-state index in [0.717, 1.165) is 0 Å². The van der Waals surface area contributed by atoms with Crippen LogP contribution in [0.4, 0.5) is 0 Å². The lowest BCUT2D eigenvalue weighted by Gasteiger charge is -2.25. The number of hydrogen-bond acceptors (Lipinski definition) is 4. The van der Waals surface area contributed by atoms with Crippen molar-refractivity contribution in [3.63, 3.8) is 0 Å². The van der Waals surface area contributed by atoms with Gasteiger partial charge in [0.1, 0.15) is 0 Å². The fourth-order valence-corrected chi connectivity index (χ4v) is 0.506. The van der Waals surface area contributed by atoms with Crippen LogP contribution in [0.25, 0.3) is 0 Å². The Kier molecular flexibility index (Phi) is 1.00. The third-order valence-electron chi connectivity index (χ3n) is 1.20. The van der Waals surface area contributed by atoms with E-state index in [-0.39, 0.29) is 0 Å². The van der Waals surface area contributed by atoms with Gasteiger partial charge in [0.05, 0.1) is 0 Å². The first-order valence-electron chi connectivity index (χ1n) is 2.38. The Bertz CT molecular complexity index is 117. The van der Waals surface area contributed by atoms with E-state index in [1.54, 1.807) is 24.3 Å². The summed E-state index contributed by atoms with van der Waals surface area (Å²) < 4.78 is 0. The van der Waals surface area contributed by atoms with E-state index in [2.05, 4.69) is 5.43 Å². The van der Waals surface area contributed by atoms with Gasteiger partial charge in [-0.25, -0.2) is 0 Å². The molecule has 8 heavy (non-hydrogen) atoms. The highest BCUT2D eigenvalue weighted by Gasteiger charge is 2.24. The first-order chi connectivity index (χ1) is 3.63. The second kappa shape index (κ2) is 1.45. The fraction of sp³-hybridized carbons (Fsp3) is 0.500. The van der Waals surface area contributed by atoms with Crippen molar-refractivity contribution < 1.29 is 0 Å². The van der Waals surface area contributed by atoms with Gasteiger partial charge in [0, 0.05) is 13.2 Å². The lowest BCUT2D eigenvalue weighted by Crippen LogP contribution is -2.60. The van der Waals surface area contributed by atoms with Crippen LogP contribution in [0.1, 0.15) is 0 Å². The molecule has 0 aromatic carbocycles. The zero-order valence-corrected chi connectivity index (χ0v) is 4.76. The molecule has 0 radical (unpaired) electrons. The van der Waals surface area contributed by atoms with Gasteiger partial charge in [-0.1, -0.05) is 0 Å². The minimum Gasteiger partial charge on any atom is -0.324 e. The van der Waals surface area contributed by atoms with E-state index in [1.165, 1.54) is 0 Å². The van der Waals surface area contributed by atoms with Crippen molar-refractivity contribution >= 4 is 0 Å². The van der Waals surface area contributed by atoms with Crippen LogP contribution in [0.5, 0.6) is 0 Å². The molecule has 0 saturated carbocycles. The van der Waals surface area contributed by atoms with Crippen molar-refractivity contribution in [1.82, 2.24) is 10.4 Å². The molecule has 1 aliphatic rings. The van der Waals surface area contributed by atoms with Gasteiger partial charge in [0.15, 0.2) is 5.79 Å². The first-order valence-corrected chi connectivity index (χ1v) is 2.38. The molecule has 0 amide bonds. The summed E-state index contributed by atoms with van der Waals surface area (Å²) in [6, 6.07) is 0. The third kappa shape index (κ3) is 0.686. The monoisotopic (exact) mass is 114 g/mol. The highest BCUT2D eigenvalue weighted by Crippen LogP contribution is 2.01. The average Bonchev–Trinajstić information content (AvgIpc) is 1.86. The lowest BCUT2D eigenvalue weighted by atomic mass is 10.4. The second-order valence-corrected chi connectivity index (χ2v) is 1.91. The van der Waals surface area contributed by atoms with Gasteiger partial charge in [0.25, 0.3) is 0 Å². The SMILES string of the molecule is CN1NC=CC1(N)N. The Hall–Kier alpha value is -0.580. The number of nitrogens with one attached hydrogen (secondary N) is 1. The van der Waals surface area contributed by atoms with Gasteiger partial charge in [-0.3, -0.25) is 11.5 Å². The summed E-state index contributed by atoms with van der Waals surface area (Å²) in [6.07, 6.45) is 3.40. The second-order valence-electron chi connectivity index (χ2n) is 1.91. The molecule has 0 unspecified atom stereocenters. The topological polar surface area (TPSA) is 67.3 Å². The average molecular weight is 114 g/mol. The quantitative estimate of drug-likeness (QED) is 0.336. The van der Waals surface area contributed by atoms with E-state index < -0.39 is 5.79 Å². The van der Waals surface area contributed by atoms with E-state index >= 15 is 0 Å². The van der Waals surface area contributed by atoms with Crippen molar-refractivity contribution in [3.8, 4) is 0 Å². The molecule has 0 saturated heterocycles. The van der Waals surface area contributed by atoms with Gasteiger partial charge >= 0.3 is 0 Å². The molecule has 46 valence electrons. The fourth-order valence-electron chi connectivity index (χ4n) is 0.506. The van der Waals surface area contributed by atoms with Gasteiger partial charge in [-0.2, -0.15) is 5.01 Å². The first kappa shape index (κ1) is 5.55. The van der Waals surface area contributed by atoms with E-state index in [9.17, 15) is 0 Å². The lowest BCUT2D eigenvalue weighted by molar-refractivity contribution is 0.160. The van der Waals surface area contributed by atoms with E-state index in [1.807, 2.05) is 0 Å². The maximum Gasteiger partial charge on any atom is 0.158 e. The van der Waals surface area contributed by atoms with Crippen LogP contribution in [-0.4, -0.2) is 17.8 Å². The molecule has 0 aliphatic carbocycles. The Morgan fingerprint density at radius 2 is 2.25 bits per heavy atom. The Morgan fingerprint density at radius 3 is 2.38 bits per heavy atom. The molecule has 0 fully saturated rings. The zero-order chi connectivity index (χ0) is 6.20. The molecule has 4 nitrogen and oxygen atoms in total. The Balaban J connectivity index is 2.67. The van der Waals surface area contributed by atoms with Crippen molar-refractivity contribution in [2.24, 2.45) is 11.5 Å². The molecular formula is C4H10N4. The van der Waals surface area contributed by atoms with Crippen molar-refractivity contribution in [2.75, 3.05) is 7.05 Å². The zero-order valence-electron chi connectivity index (χ0n) is 4.76. The van der Waals surface area contributed by atoms with Gasteiger partial charge in [0.2, 0.25) is 0 Å². The minimum atomic E-state index is -0.806. The molecule has 1 aliphatic heterocycles. The van der Waals surface area contributed by atoms with Gasteiger partial charge < -0.3 is 5.43 Å². The van der Waals surface area contributed by atoms with Crippen LogP contribution in [0.3, 0.4) is 0 Å². The van der Waals surface area contributed by atoms with Crippen LogP contribution in [0, 0.1) is 0 Å². The largest absolute Gasteiger partial charge is 0.324 e. The highest BCUT2D eigenvalue weighted by molar-refractivity contribution is 5.03. The maximum atomic E-state index is 5.48. The van der Waals surface area contributed by atoms with Crippen LogP contribution >= 0.6 is 0 Å². The molecule has 1 heterocycles. The van der Waals surface area contributed by atoms with E-state index in [0.29, 0.717) is 0 Å². The number of nitrogens with zero attached hydrogens (tertiary/aromatic N) is 1. The Morgan fingerprint density at radius 1 is 1.62 bits per heavy atom. The predicted octanol–water partition coefficient (Wildman–Crippen LogP) is -1.48. The third-order valence-corrected chi connectivity index (χ3v) is 1.20. The normalized spacial score (nSPS) is 25.9. The van der Waals surface area contributed by atoms with Crippen LogP contribution in [0.2, 0.25) is 0 Å². The van der Waals surface area contributed by atoms with Gasteiger partial charge in [-0.15, -0.1) is 0 Å². The van der Waals surface area contributed by atoms with Crippen LogP contribution < -0.4 is 16.9 Å². The summed E-state index contributed by atoms with van der Waals surface area (Å²) in [5, 5.41) is 1.62. The van der Waals surface area contributed by atoms with E-state index in [4.69, 9.17) is 11.5 Å². The molecule has 5 N–H and O–H groups in total. The standard InChI is InChI=1S/C4H10N4/c1-8-4(5,6)2-3-7-8/h2-3,7H,5-6H2,1H3. The number of likely N-dealkylation sites (N-methyl/N-ethyl adjacent to an activating group) is 1. The van der Waals surface area contributed by atoms with Gasteiger partial charge in [-0.05, 0) is 6.08 Å².